The van der Waals surface area contributed by atoms with Crippen LogP contribution in [-0.4, -0.2) is 49.7 Å². The molecule has 1 atom stereocenters. The maximum absolute atomic E-state index is 4.46. The summed E-state index contributed by atoms with van der Waals surface area (Å²) in [6.07, 6.45) is 6.99. The molecule has 1 saturated heterocycles. The van der Waals surface area contributed by atoms with Gasteiger partial charge in [0.05, 0.1) is 11.9 Å². The minimum Gasteiger partial charge on any atom is -0.381 e. The largest absolute Gasteiger partial charge is 0.381 e. The highest BCUT2D eigenvalue weighted by Gasteiger charge is 2.16. The highest BCUT2D eigenvalue weighted by atomic mass is 15.1. The van der Waals surface area contributed by atoms with Crippen molar-refractivity contribution in [1.82, 2.24) is 9.88 Å². The number of hydrogen-bond acceptors (Lipinski definition) is 4. The Morgan fingerprint density at radius 1 is 1.30 bits per heavy atom. The van der Waals surface area contributed by atoms with E-state index in [2.05, 4.69) is 34.3 Å². The molecule has 0 spiro atoms. The highest BCUT2D eigenvalue weighted by Crippen LogP contribution is 2.18. The van der Waals surface area contributed by atoms with Crippen molar-refractivity contribution in [3.63, 3.8) is 0 Å². The van der Waals surface area contributed by atoms with E-state index >= 15 is 0 Å². The number of hydrogen-bond donors (Lipinski definition) is 1. The van der Waals surface area contributed by atoms with Crippen molar-refractivity contribution in [3.8, 4) is 0 Å². The maximum atomic E-state index is 4.46. The van der Waals surface area contributed by atoms with Crippen LogP contribution in [0, 0.1) is 0 Å². The van der Waals surface area contributed by atoms with Gasteiger partial charge in [0.1, 0.15) is 5.82 Å². The lowest BCUT2D eigenvalue weighted by atomic mass is 10.1. The third-order valence-corrected chi connectivity index (χ3v) is 3.94. The molecular weight excluding hydrogens is 248 g/mol. The van der Waals surface area contributed by atoms with E-state index in [0.717, 1.165) is 11.5 Å². The summed E-state index contributed by atoms with van der Waals surface area (Å²) < 4.78 is 0. The minimum atomic E-state index is 0.587. The van der Waals surface area contributed by atoms with E-state index in [-0.39, 0.29) is 0 Å². The van der Waals surface area contributed by atoms with Gasteiger partial charge in [0.25, 0.3) is 0 Å². The Balaban J connectivity index is 1.86. The van der Waals surface area contributed by atoms with Gasteiger partial charge in [-0.15, -0.1) is 0 Å². The highest BCUT2D eigenvalue weighted by molar-refractivity contribution is 5.48. The van der Waals surface area contributed by atoms with Crippen LogP contribution in [0.1, 0.15) is 32.6 Å². The summed E-state index contributed by atoms with van der Waals surface area (Å²) in [5.74, 6) is 1.01. The Morgan fingerprint density at radius 3 is 2.80 bits per heavy atom. The lowest BCUT2D eigenvalue weighted by Gasteiger charge is -2.20. The van der Waals surface area contributed by atoms with Gasteiger partial charge in [-0.3, -0.25) is 0 Å². The van der Waals surface area contributed by atoms with Crippen molar-refractivity contribution in [2.75, 3.05) is 43.9 Å². The lowest BCUT2D eigenvalue weighted by molar-refractivity contribution is 0.285. The van der Waals surface area contributed by atoms with Crippen molar-refractivity contribution in [1.29, 1.82) is 0 Å². The number of pyridine rings is 1. The molecule has 4 heteroatoms. The normalized spacial score (nSPS) is 20.4. The van der Waals surface area contributed by atoms with Gasteiger partial charge in [0.2, 0.25) is 0 Å². The van der Waals surface area contributed by atoms with E-state index in [1.54, 1.807) is 0 Å². The predicted molar refractivity (Wildman–Crippen MR) is 86.6 cm³/mol. The van der Waals surface area contributed by atoms with E-state index in [1.165, 1.54) is 45.3 Å². The Kier molecular flexibility index (Phi) is 5.65. The molecule has 2 heterocycles. The zero-order valence-corrected chi connectivity index (χ0v) is 13.1. The Morgan fingerprint density at radius 2 is 2.15 bits per heavy atom. The van der Waals surface area contributed by atoms with Gasteiger partial charge in [-0.25, -0.2) is 4.98 Å². The molecule has 0 aromatic carbocycles. The first-order chi connectivity index (χ1) is 9.69. The molecule has 0 bridgehead atoms. The van der Waals surface area contributed by atoms with E-state index < -0.39 is 0 Å². The molecule has 4 nitrogen and oxygen atoms in total. The number of nitrogens with one attached hydrogen (secondary N) is 1. The molecule has 1 N–H and O–H groups in total. The molecular formula is C16H28N4. The summed E-state index contributed by atoms with van der Waals surface area (Å²) in [6, 6.07) is 4.79. The summed E-state index contributed by atoms with van der Waals surface area (Å²) in [5.41, 5.74) is 1.14. The number of likely N-dealkylation sites (tertiary alicyclic amines) is 1. The first-order valence-corrected chi connectivity index (χ1v) is 7.81. The Bertz CT molecular complexity index is 388. The lowest BCUT2D eigenvalue weighted by Crippen LogP contribution is -2.27. The Hall–Kier alpha value is -1.29. The summed E-state index contributed by atoms with van der Waals surface area (Å²) in [7, 11) is 4.03. The third kappa shape index (κ3) is 4.37. The van der Waals surface area contributed by atoms with Crippen LogP contribution in [0.4, 0.5) is 11.5 Å². The van der Waals surface area contributed by atoms with Gasteiger partial charge in [0.15, 0.2) is 0 Å². The van der Waals surface area contributed by atoms with Crippen LogP contribution < -0.4 is 10.2 Å². The predicted octanol–water partition coefficient (Wildman–Crippen LogP) is 2.82. The topological polar surface area (TPSA) is 31.4 Å². The molecule has 20 heavy (non-hydrogen) atoms. The fraction of sp³-hybridized carbons (Fsp3) is 0.688. The van der Waals surface area contributed by atoms with Crippen LogP contribution in [0.15, 0.2) is 18.3 Å². The molecule has 0 aliphatic carbocycles. The number of rotatable bonds is 5. The second-order valence-electron chi connectivity index (χ2n) is 5.91. The smallest absolute Gasteiger partial charge is 0.128 e. The van der Waals surface area contributed by atoms with Crippen LogP contribution in [0.25, 0.3) is 0 Å². The second-order valence-corrected chi connectivity index (χ2v) is 5.91. The molecule has 1 aromatic rings. The zero-order chi connectivity index (χ0) is 14.4. The third-order valence-electron chi connectivity index (χ3n) is 3.94. The van der Waals surface area contributed by atoms with Gasteiger partial charge in [0, 0.05) is 26.7 Å². The molecule has 0 radical (unpaired) electrons. The molecule has 1 aromatic heterocycles. The second kappa shape index (κ2) is 7.48. The summed E-state index contributed by atoms with van der Waals surface area (Å²) in [6.45, 7) is 5.98. The first-order valence-electron chi connectivity index (χ1n) is 7.81. The zero-order valence-electron chi connectivity index (χ0n) is 13.1. The van der Waals surface area contributed by atoms with Gasteiger partial charge in [-0.2, -0.15) is 0 Å². The number of anilines is 2. The molecule has 1 aliphatic rings. The van der Waals surface area contributed by atoms with E-state index in [4.69, 9.17) is 0 Å². The molecule has 1 aliphatic heterocycles. The number of nitrogens with zero attached hydrogens (tertiary/aromatic N) is 3. The van der Waals surface area contributed by atoms with Crippen molar-refractivity contribution >= 4 is 11.5 Å². The minimum absolute atomic E-state index is 0.587. The summed E-state index contributed by atoms with van der Waals surface area (Å²) in [4.78, 5) is 9.08. The van der Waals surface area contributed by atoms with Crippen LogP contribution in [-0.2, 0) is 0 Å². The van der Waals surface area contributed by atoms with Crippen molar-refractivity contribution in [2.45, 2.75) is 38.6 Å². The summed E-state index contributed by atoms with van der Waals surface area (Å²) >= 11 is 0. The molecule has 2 rings (SSSR count). The maximum Gasteiger partial charge on any atom is 0.128 e. The molecule has 0 amide bonds. The molecule has 1 unspecified atom stereocenters. The van der Waals surface area contributed by atoms with Gasteiger partial charge >= 0.3 is 0 Å². The summed E-state index contributed by atoms with van der Waals surface area (Å²) in [5, 5.41) is 3.64. The van der Waals surface area contributed by atoms with Crippen molar-refractivity contribution < 1.29 is 0 Å². The monoisotopic (exact) mass is 276 g/mol. The van der Waals surface area contributed by atoms with Crippen LogP contribution in [0.3, 0.4) is 0 Å². The quantitative estimate of drug-likeness (QED) is 0.896. The van der Waals surface area contributed by atoms with Crippen LogP contribution in [0.5, 0.6) is 0 Å². The van der Waals surface area contributed by atoms with E-state index in [0.29, 0.717) is 6.04 Å². The fourth-order valence-electron chi connectivity index (χ4n) is 2.81. The van der Waals surface area contributed by atoms with Gasteiger partial charge in [-0.05, 0) is 50.9 Å². The Labute approximate surface area is 123 Å². The first kappa shape index (κ1) is 15.1. The standard InChI is InChI=1S/C16H28N4/c1-4-10-20-11-5-6-14(9-12-20)18-15-7-8-16(17-13-15)19(2)3/h7-8,13-14,18H,4-6,9-12H2,1-3H3. The SMILES string of the molecule is CCCN1CCCC(Nc2ccc(N(C)C)nc2)CC1. The van der Waals surface area contributed by atoms with Crippen LogP contribution in [0.2, 0.25) is 0 Å². The van der Waals surface area contributed by atoms with Crippen molar-refractivity contribution in [3.05, 3.63) is 18.3 Å². The van der Waals surface area contributed by atoms with Crippen molar-refractivity contribution in [2.24, 2.45) is 0 Å². The van der Waals surface area contributed by atoms with E-state index in [1.807, 2.05) is 25.2 Å². The van der Waals surface area contributed by atoms with Crippen LogP contribution >= 0.6 is 0 Å². The molecule has 1 fully saturated rings. The van der Waals surface area contributed by atoms with Gasteiger partial charge in [-0.1, -0.05) is 6.92 Å². The van der Waals surface area contributed by atoms with Gasteiger partial charge < -0.3 is 15.1 Å². The fourth-order valence-corrected chi connectivity index (χ4v) is 2.81. The molecule has 112 valence electrons. The number of aromatic nitrogens is 1. The van der Waals surface area contributed by atoms with E-state index in [9.17, 15) is 0 Å². The molecule has 0 saturated carbocycles. The average Bonchev–Trinajstić information content (AvgIpc) is 2.66. The average molecular weight is 276 g/mol.